The number of carbonyl (C=O) groups is 1. The molecule has 3 nitrogen and oxygen atoms in total. The van der Waals surface area contributed by atoms with Crippen molar-refractivity contribution < 1.29 is 4.79 Å². The van der Waals surface area contributed by atoms with Gasteiger partial charge in [-0.25, -0.2) is 0 Å². The molecular formula is C11H15BrN2O. The Balaban J connectivity index is 2.95. The Morgan fingerprint density at radius 2 is 2.07 bits per heavy atom. The molecule has 0 unspecified atom stereocenters. The molecule has 1 heterocycles. The van der Waals surface area contributed by atoms with Crippen LogP contribution in [0.1, 0.15) is 25.1 Å². The number of alkyl halides is 1. The third-order valence-electron chi connectivity index (χ3n) is 2.13. The highest BCUT2D eigenvalue weighted by Gasteiger charge is 2.24. The third-order valence-corrected chi connectivity index (χ3v) is 2.49. The zero-order valence-electron chi connectivity index (χ0n) is 9.39. The van der Waals surface area contributed by atoms with Gasteiger partial charge in [-0.3, -0.25) is 9.78 Å². The summed E-state index contributed by atoms with van der Waals surface area (Å²) in [6, 6.07) is 1.88. The summed E-state index contributed by atoms with van der Waals surface area (Å²) in [6.07, 6.45) is 1.74. The molecule has 0 aliphatic heterocycles. The van der Waals surface area contributed by atoms with Gasteiger partial charge in [0.15, 0.2) is 0 Å². The Hall–Kier alpha value is -0.900. The van der Waals surface area contributed by atoms with E-state index in [4.69, 9.17) is 0 Å². The fourth-order valence-corrected chi connectivity index (χ4v) is 1.24. The van der Waals surface area contributed by atoms with E-state index in [-0.39, 0.29) is 5.91 Å². The van der Waals surface area contributed by atoms with E-state index < -0.39 is 4.32 Å². The first-order valence-corrected chi connectivity index (χ1v) is 5.54. The van der Waals surface area contributed by atoms with Crippen LogP contribution < -0.4 is 5.32 Å². The Morgan fingerprint density at radius 3 is 2.53 bits per heavy atom. The normalized spacial score (nSPS) is 11.3. The van der Waals surface area contributed by atoms with Crippen molar-refractivity contribution in [3.05, 3.63) is 23.5 Å². The van der Waals surface area contributed by atoms with Crippen molar-refractivity contribution in [1.29, 1.82) is 0 Å². The van der Waals surface area contributed by atoms with Crippen molar-refractivity contribution in [3.8, 4) is 0 Å². The van der Waals surface area contributed by atoms with Gasteiger partial charge in [0.25, 0.3) is 0 Å². The molecule has 0 saturated heterocycles. The molecule has 0 saturated carbocycles. The molecule has 0 fully saturated rings. The number of aromatic nitrogens is 1. The van der Waals surface area contributed by atoms with Crippen molar-refractivity contribution in [1.82, 2.24) is 4.98 Å². The summed E-state index contributed by atoms with van der Waals surface area (Å²) in [5, 5.41) is 2.87. The predicted molar refractivity (Wildman–Crippen MR) is 65.3 cm³/mol. The summed E-state index contributed by atoms with van der Waals surface area (Å²) in [5.74, 6) is -0.0679. The second kappa shape index (κ2) is 4.31. The number of hydrogen-bond donors (Lipinski definition) is 1. The summed E-state index contributed by atoms with van der Waals surface area (Å²) in [7, 11) is 0. The Bertz CT molecular complexity index is 362. The van der Waals surface area contributed by atoms with Gasteiger partial charge in [0.05, 0.1) is 15.7 Å². The van der Waals surface area contributed by atoms with Crippen LogP contribution in [-0.4, -0.2) is 15.2 Å². The van der Waals surface area contributed by atoms with E-state index >= 15 is 0 Å². The number of pyridine rings is 1. The minimum atomic E-state index is -0.568. The molecule has 4 heteroatoms. The van der Waals surface area contributed by atoms with Gasteiger partial charge >= 0.3 is 0 Å². The minimum absolute atomic E-state index is 0.0679. The molecule has 1 rings (SSSR count). The zero-order chi connectivity index (χ0) is 11.6. The highest BCUT2D eigenvalue weighted by molar-refractivity contribution is 9.10. The fraction of sp³-hybridized carbons (Fsp3) is 0.455. The predicted octanol–water partition coefficient (Wildman–Crippen LogP) is 2.81. The topological polar surface area (TPSA) is 42.0 Å². The molecule has 15 heavy (non-hydrogen) atoms. The summed E-state index contributed by atoms with van der Waals surface area (Å²) in [5.41, 5.74) is 2.66. The molecule has 0 atom stereocenters. The first kappa shape index (κ1) is 12.2. The molecule has 0 radical (unpaired) electrons. The molecule has 0 bridgehead atoms. The molecular weight excluding hydrogens is 256 g/mol. The molecule has 0 aliphatic rings. The zero-order valence-corrected chi connectivity index (χ0v) is 11.0. The van der Waals surface area contributed by atoms with E-state index in [2.05, 4.69) is 26.2 Å². The maximum absolute atomic E-state index is 11.8. The smallest absolute Gasteiger partial charge is 0.240 e. The average Bonchev–Trinajstić information content (AvgIpc) is 2.09. The van der Waals surface area contributed by atoms with Crippen molar-refractivity contribution in [2.45, 2.75) is 32.0 Å². The number of halogens is 1. The number of amides is 1. The Labute approximate surface area is 98.4 Å². The number of nitrogens with zero attached hydrogens (tertiary/aromatic N) is 1. The van der Waals surface area contributed by atoms with Gasteiger partial charge in [0.1, 0.15) is 0 Å². The maximum atomic E-state index is 11.8. The summed E-state index contributed by atoms with van der Waals surface area (Å²) in [6.45, 7) is 7.45. The summed E-state index contributed by atoms with van der Waals surface area (Å²) >= 11 is 3.32. The number of hydrogen-bond acceptors (Lipinski definition) is 2. The molecule has 82 valence electrons. The fourth-order valence-electron chi connectivity index (χ4n) is 1.15. The number of aryl methyl sites for hydroxylation is 2. The van der Waals surface area contributed by atoms with E-state index in [0.717, 1.165) is 16.9 Å². The van der Waals surface area contributed by atoms with Crippen LogP contribution in [-0.2, 0) is 4.79 Å². The van der Waals surface area contributed by atoms with Crippen LogP contribution in [0.5, 0.6) is 0 Å². The lowest BCUT2D eigenvalue weighted by atomic mass is 10.1. The molecule has 0 aliphatic carbocycles. The van der Waals surface area contributed by atoms with Crippen molar-refractivity contribution >= 4 is 27.5 Å². The van der Waals surface area contributed by atoms with Gasteiger partial charge in [-0.15, -0.1) is 0 Å². The molecule has 0 aromatic carbocycles. The second-order valence-electron chi connectivity index (χ2n) is 4.01. The lowest BCUT2D eigenvalue weighted by Crippen LogP contribution is -2.31. The molecule has 1 aromatic heterocycles. The number of nitrogens with one attached hydrogen (secondary N) is 1. The summed E-state index contributed by atoms with van der Waals surface area (Å²) < 4.78 is -0.568. The van der Waals surface area contributed by atoms with Gasteiger partial charge in [0.2, 0.25) is 5.91 Å². The highest BCUT2D eigenvalue weighted by Crippen LogP contribution is 2.22. The van der Waals surface area contributed by atoms with Crippen LogP contribution in [0, 0.1) is 13.8 Å². The molecule has 0 spiro atoms. The van der Waals surface area contributed by atoms with Gasteiger partial charge in [-0.1, -0.05) is 15.9 Å². The molecule has 1 aromatic rings. The second-order valence-corrected chi connectivity index (χ2v) is 6.00. The third kappa shape index (κ3) is 3.02. The lowest BCUT2D eigenvalue weighted by molar-refractivity contribution is -0.117. The van der Waals surface area contributed by atoms with Crippen molar-refractivity contribution in [2.24, 2.45) is 0 Å². The Morgan fingerprint density at radius 1 is 1.47 bits per heavy atom. The first-order chi connectivity index (χ1) is 6.82. The van der Waals surface area contributed by atoms with Crippen LogP contribution >= 0.6 is 15.9 Å². The maximum Gasteiger partial charge on any atom is 0.240 e. The van der Waals surface area contributed by atoms with Gasteiger partial charge in [-0.2, -0.15) is 0 Å². The first-order valence-electron chi connectivity index (χ1n) is 4.75. The van der Waals surface area contributed by atoms with Crippen LogP contribution in [0.3, 0.4) is 0 Å². The van der Waals surface area contributed by atoms with E-state index in [1.165, 1.54) is 0 Å². The Kier molecular flexibility index (Phi) is 3.50. The monoisotopic (exact) mass is 270 g/mol. The van der Waals surface area contributed by atoms with Crippen molar-refractivity contribution in [3.63, 3.8) is 0 Å². The van der Waals surface area contributed by atoms with Crippen molar-refractivity contribution in [2.75, 3.05) is 5.32 Å². The number of carbonyl (C=O) groups excluding carboxylic acids is 1. The average molecular weight is 271 g/mol. The summed E-state index contributed by atoms with van der Waals surface area (Å²) in [4.78, 5) is 15.9. The largest absolute Gasteiger partial charge is 0.323 e. The van der Waals surface area contributed by atoms with Crippen LogP contribution in [0.4, 0.5) is 5.69 Å². The van der Waals surface area contributed by atoms with E-state index in [1.54, 1.807) is 6.20 Å². The minimum Gasteiger partial charge on any atom is -0.323 e. The molecule has 1 amide bonds. The lowest BCUT2D eigenvalue weighted by Gasteiger charge is -2.17. The quantitative estimate of drug-likeness (QED) is 0.840. The van der Waals surface area contributed by atoms with Gasteiger partial charge in [0, 0.05) is 6.20 Å². The SMILES string of the molecule is Cc1ccnc(C)c1NC(=O)C(C)(C)Br. The van der Waals surface area contributed by atoms with E-state index in [0.29, 0.717) is 0 Å². The van der Waals surface area contributed by atoms with Gasteiger partial charge in [-0.05, 0) is 39.3 Å². The van der Waals surface area contributed by atoms with Crippen LogP contribution in [0.25, 0.3) is 0 Å². The van der Waals surface area contributed by atoms with E-state index in [1.807, 2.05) is 33.8 Å². The number of anilines is 1. The van der Waals surface area contributed by atoms with Gasteiger partial charge < -0.3 is 5.32 Å². The number of rotatable bonds is 2. The van der Waals surface area contributed by atoms with Crippen LogP contribution in [0.15, 0.2) is 12.3 Å². The standard InChI is InChI=1S/C11H15BrN2O/c1-7-5-6-13-8(2)9(7)14-10(15)11(3,4)12/h5-6H,1-4H3,(H,14,15). The highest BCUT2D eigenvalue weighted by atomic mass is 79.9. The van der Waals surface area contributed by atoms with E-state index in [9.17, 15) is 4.79 Å². The van der Waals surface area contributed by atoms with Crippen LogP contribution in [0.2, 0.25) is 0 Å². The molecule has 1 N–H and O–H groups in total.